The minimum Gasteiger partial charge on any atom is -0.368 e. The molecular weight excluding hydrogens is 276 g/mol. The maximum absolute atomic E-state index is 11.1. The summed E-state index contributed by atoms with van der Waals surface area (Å²) >= 11 is 3.43. The fourth-order valence-corrected chi connectivity index (χ4v) is 1.94. The van der Waals surface area contributed by atoms with E-state index in [1.165, 1.54) is 0 Å². The molecule has 2 unspecified atom stereocenters. The zero-order valence-corrected chi connectivity index (χ0v) is 11.5. The van der Waals surface area contributed by atoms with Crippen molar-refractivity contribution in [2.24, 2.45) is 0 Å². The molecule has 0 aliphatic rings. The van der Waals surface area contributed by atoms with Crippen LogP contribution in [0.4, 0.5) is 5.82 Å². The number of aryl methyl sites for hydroxylation is 1. The number of rotatable bonds is 4. The molecule has 0 saturated carbocycles. The normalized spacial score (nSPS) is 14.7. The molecule has 0 aliphatic heterocycles. The molecule has 1 rings (SSSR count). The van der Waals surface area contributed by atoms with Crippen molar-refractivity contribution in [1.29, 1.82) is 0 Å². The molecule has 1 aromatic heterocycles. The molecule has 5 heteroatoms. The van der Waals surface area contributed by atoms with Crippen molar-refractivity contribution in [3.05, 3.63) is 22.3 Å². The first kappa shape index (κ1) is 12.6. The van der Waals surface area contributed by atoms with Gasteiger partial charge in [0.05, 0.1) is 4.47 Å². The van der Waals surface area contributed by atoms with Gasteiger partial charge in [0.25, 0.3) is 0 Å². The van der Waals surface area contributed by atoms with Crippen LogP contribution in [0.2, 0.25) is 0 Å². The van der Waals surface area contributed by atoms with Crippen molar-refractivity contribution >= 4 is 32.5 Å². The molecular formula is C10H15BrN2OS. The van der Waals surface area contributed by atoms with Crippen LogP contribution in [0.5, 0.6) is 0 Å². The number of hydrogen-bond acceptors (Lipinski definition) is 3. The lowest BCUT2D eigenvalue weighted by Gasteiger charge is -2.11. The van der Waals surface area contributed by atoms with Crippen LogP contribution in [0.15, 0.2) is 16.7 Å². The Bertz CT molecular complexity index is 370. The van der Waals surface area contributed by atoms with Crippen LogP contribution in [-0.4, -0.2) is 27.2 Å². The first-order chi connectivity index (χ1) is 7.00. The number of halogens is 1. The summed E-state index contributed by atoms with van der Waals surface area (Å²) < 4.78 is 12.1. The van der Waals surface area contributed by atoms with Crippen molar-refractivity contribution in [1.82, 2.24) is 4.98 Å². The average molecular weight is 291 g/mol. The Kier molecular flexibility index (Phi) is 4.73. The van der Waals surface area contributed by atoms with Crippen molar-refractivity contribution in [2.45, 2.75) is 19.1 Å². The number of nitrogens with one attached hydrogen (secondary N) is 1. The fourth-order valence-electron chi connectivity index (χ4n) is 1.02. The Balaban J connectivity index is 2.62. The zero-order chi connectivity index (χ0) is 11.4. The third-order valence-corrected chi connectivity index (χ3v) is 4.01. The standard InChI is InChI=1S/C10H15BrN2OS/c1-7-4-9(11)10(12-5-7)13-6-8(2)15(3)14/h4-5,8H,6H2,1-3H3,(H,12,13). The molecule has 84 valence electrons. The van der Waals surface area contributed by atoms with Crippen molar-refractivity contribution in [3.63, 3.8) is 0 Å². The minimum atomic E-state index is -0.801. The summed E-state index contributed by atoms with van der Waals surface area (Å²) in [4.78, 5) is 4.25. The van der Waals surface area contributed by atoms with Gasteiger partial charge in [0.15, 0.2) is 0 Å². The Morgan fingerprint density at radius 2 is 2.33 bits per heavy atom. The third-order valence-electron chi connectivity index (χ3n) is 2.10. The second kappa shape index (κ2) is 5.61. The monoisotopic (exact) mass is 290 g/mol. The van der Waals surface area contributed by atoms with E-state index in [4.69, 9.17) is 0 Å². The number of aromatic nitrogens is 1. The Morgan fingerprint density at radius 1 is 1.67 bits per heavy atom. The summed E-state index contributed by atoms with van der Waals surface area (Å²) in [6, 6.07) is 2.00. The topological polar surface area (TPSA) is 42.0 Å². The molecule has 0 amide bonds. The van der Waals surface area contributed by atoms with Gasteiger partial charge in [-0.2, -0.15) is 0 Å². The molecule has 0 fully saturated rings. The van der Waals surface area contributed by atoms with Crippen molar-refractivity contribution in [2.75, 3.05) is 18.1 Å². The van der Waals surface area contributed by atoms with E-state index < -0.39 is 10.8 Å². The highest BCUT2D eigenvalue weighted by Crippen LogP contribution is 2.20. The Hall–Kier alpha value is -0.420. The minimum absolute atomic E-state index is 0.125. The number of pyridine rings is 1. The first-order valence-corrected chi connectivity index (χ1v) is 7.10. The van der Waals surface area contributed by atoms with Crippen molar-refractivity contribution in [3.8, 4) is 0 Å². The molecule has 0 saturated heterocycles. The maximum Gasteiger partial charge on any atom is 0.140 e. The second-order valence-corrected chi connectivity index (χ2v) is 6.19. The van der Waals surface area contributed by atoms with Gasteiger partial charge in [0.1, 0.15) is 5.82 Å². The summed E-state index contributed by atoms with van der Waals surface area (Å²) in [6.45, 7) is 4.61. The second-order valence-electron chi connectivity index (χ2n) is 3.53. The summed E-state index contributed by atoms with van der Waals surface area (Å²) in [7, 11) is -0.801. The van der Waals surface area contributed by atoms with Crippen LogP contribution in [0, 0.1) is 6.92 Å². The predicted molar refractivity (Wildman–Crippen MR) is 68.7 cm³/mol. The largest absolute Gasteiger partial charge is 0.368 e. The van der Waals surface area contributed by atoms with Gasteiger partial charge in [-0.1, -0.05) is 0 Å². The lowest BCUT2D eigenvalue weighted by Crippen LogP contribution is -2.21. The summed E-state index contributed by atoms with van der Waals surface area (Å²) in [6.07, 6.45) is 3.52. The molecule has 0 bridgehead atoms. The molecule has 0 spiro atoms. The average Bonchev–Trinajstić information content (AvgIpc) is 2.15. The van der Waals surface area contributed by atoms with Gasteiger partial charge in [-0.05, 0) is 41.4 Å². The van der Waals surface area contributed by atoms with E-state index in [-0.39, 0.29) is 5.25 Å². The summed E-state index contributed by atoms with van der Waals surface area (Å²) in [5.74, 6) is 0.804. The smallest absolute Gasteiger partial charge is 0.140 e. The van der Waals surface area contributed by atoms with E-state index in [1.807, 2.05) is 19.9 Å². The third kappa shape index (κ3) is 3.91. The molecule has 2 atom stereocenters. The van der Waals surface area contributed by atoms with Gasteiger partial charge >= 0.3 is 0 Å². The summed E-state index contributed by atoms with van der Waals surface area (Å²) in [5.41, 5.74) is 1.11. The number of hydrogen-bond donors (Lipinski definition) is 1. The van der Waals surface area contributed by atoms with Crippen LogP contribution in [0.1, 0.15) is 12.5 Å². The number of anilines is 1. The zero-order valence-electron chi connectivity index (χ0n) is 9.08. The van der Waals surface area contributed by atoms with E-state index in [9.17, 15) is 4.21 Å². The lowest BCUT2D eigenvalue weighted by molar-refractivity contribution is 0.678. The van der Waals surface area contributed by atoms with Gasteiger partial charge in [-0.3, -0.25) is 4.21 Å². The lowest BCUT2D eigenvalue weighted by atomic mass is 10.3. The highest BCUT2D eigenvalue weighted by atomic mass is 79.9. The SMILES string of the molecule is Cc1cnc(NCC(C)S(C)=O)c(Br)c1. The van der Waals surface area contributed by atoms with Gasteiger partial charge in [-0.25, -0.2) is 4.98 Å². The molecule has 1 heterocycles. The quantitative estimate of drug-likeness (QED) is 0.925. The van der Waals surface area contributed by atoms with E-state index in [2.05, 4.69) is 26.2 Å². The Morgan fingerprint density at radius 3 is 2.87 bits per heavy atom. The van der Waals surface area contributed by atoms with Crippen LogP contribution < -0.4 is 5.32 Å². The van der Waals surface area contributed by atoms with E-state index in [0.29, 0.717) is 6.54 Å². The van der Waals surface area contributed by atoms with Crippen LogP contribution in [0.3, 0.4) is 0 Å². The molecule has 0 aliphatic carbocycles. The highest BCUT2D eigenvalue weighted by molar-refractivity contribution is 9.10. The van der Waals surface area contributed by atoms with Gasteiger partial charge < -0.3 is 5.32 Å². The maximum atomic E-state index is 11.1. The van der Waals surface area contributed by atoms with Crippen LogP contribution >= 0.6 is 15.9 Å². The van der Waals surface area contributed by atoms with Gasteiger partial charge in [0.2, 0.25) is 0 Å². The van der Waals surface area contributed by atoms with Crippen molar-refractivity contribution < 1.29 is 4.21 Å². The fraction of sp³-hybridized carbons (Fsp3) is 0.500. The molecule has 15 heavy (non-hydrogen) atoms. The Labute approximate surface area is 101 Å². The van der Waals surface area contributed by atoms with E-state index in [1.54, 1.807) is 12.5 Å². The molecule has 3 nitrogen and oxygen atoms in total. The summed E-state index contributed by atoms with van der Waals surface area (Å²) in [5, 5.41) is 3.30. The highest BCUT2D eigenvalue weighted by Gasteiger charge is 2.07. The van der Waals surface area contributed by atoms with Crippen LogP contribution in [0.25, 0.3) is 0 Å². The molecule has 1 N–H and O–H groups in total. The molecule has 0 aromatic carbocycles. The first-order valence-electron chi connectivity index (χ1n) is 4.69. The molecule has 1 aromatic rings. The van der Waals surface area contributed by atoms with E-state index >= 15 is 0 Å². The van der Waals surface area contributed by atoms with Crippen LogP contribution in [-0.2, 0) is 10.8 Å². The molecule has 0 radical (unpaired) electrons. The van der Waals surface area contributed by atoms with Gasteiger partial charge in [-0.15, -0.1) is 0 Å². The number of nitrogens with zero attached hydrogens (tertiary/aromatic N) is 1. The van der Waals surface area contributed by atoms with Gasteiger partial charge in [0, 0.05) is 35.0 Å². The predicted octanol–water partition coefficient (Wildman–Crippen LogP) is 2.33. The van der Waals surface area contributed by atoms with E-state index in [0.717, 1.165) is 15.9 Å².